The largest absolute Gasteiger partial charge is 0.494 e. The zero-order valence-electron chi connectivity index (χ0n) is 10.2. The van der Waals surface area contributed by atoms with Crippen molar-refractivity contribution in [2.24, 2.45) is 0 Å². The molecule has 88 valence electrons. The van der Waals surface area contributed by atoms with E-state index in [-0.39, 0.29) is 0 Å². The van der Waals surface area contributed by atoms with Crippen molar-refractivity contribution < 1.29 is 4.74 Å². The van der Waals surface area contributed by atoms with Gasteiger partial charge in [-0.15, -0.1) is 0 Å². The third kappa shape index (κ3) is 2.78. The third-order valence-electron chi connectivity index (χ3n) is 3.51. The Bertz CT molecular complexity index is 311. The highest BCUT2D eigenvalue weighted by molar-refractivity contribution is 5.36. The standard InChI is InChI=1S/C15H22O/c1-2-16-15-12-8-7-11-14(15)13-9-5-3-4-6-10-13/h7-8,11-13H,2-6,9-10H2,1H3. The summed E-state index contributed by atoms with van der Waals surface area (Å²) < 4.78 is 5.73. The van der Waals surface area contributed by atoms with Crippen molar-refractivity contribution in [2.45, 2.75) is 51.4 Å². The molecule has 1 nitrogen and oxygen atoms in total. The molecule has 0 saturated heterocycles. The van der Waals surface area contributed by atoms with Crippen LogP contribution in [0.5, 0.6) is 5.75 Å². The van der Waals surface area contributed by atoms with Crippen molar-refractivity contribution in [3.05, 3.63) is 29.8 Å². The molecule has 0 aromatic heterocycles. The van der Waals surface area contributed by atoms with Gasteiger partial charge in [-0.05, 0) is 37.3 Å². The molecular weight excluding hydrogens is 196 g/mol. The topological polar surface area (TPSA) is 9.23 Å². The second-order valence-corrected chi connectivity index (χ2v) is 4.66. The monoisotopic (exact) mass is 218 g/mol. The Labute approximate surface area is 98.8 Å². The van der Waals surface area contributed by atoms with Gasteiger partial charge in [0.15, 0.2) is 0 Å². The predicted molar refractivity (Wildman–Crippen MR) is 68.1 cm³/mol. The molecule has 0 radical (unpaired) electrons. The summed E-state index contributed by atoms with van der Waals surface area (Å²) in [5, 5.41) is 0. The van der Waals surface area contributed by atoms with Gasteiger partial charge >= 0.3 is 0 Å². The Morgan fingerprint density at radius 3 is 2.44 bits per heavy atom. The molecule has 0 spiro atoms. The summed E-state index contributed by atoms with van der Waals surface area (Å²) in [6, 6.07) is 8.58. The summed E-state index contributed by atoms with van der Waals surface area (Å²) in [6.07, 6.45) is 8.25. The minimum absolute atomic E-state index is 0.727. The second kappa shape index (κ2) is 5.93. The van der Waals surface area contributed by atoms with Gasteiger partial charge in [-0.3, -0.25) is 0 Å². The molecule has 1 aliphatic carbocycles. The molecule has 1 aliphatic rings. The van der Waals surface area contributed by atoms with E-state index in [4.69, 9.17) is 4.74 Å². The van der Waals surface area contributed by atoms with Gasteiger partial charge in [0, 0.05) is 0 Å². The fraction of sp³-hybridized carbons (Fsp3) is 0.600. The predicted octanol–water partition coefficient (Wildman–Crippen LogP) is 4.52. The third-order valence-corrected chi connectivity index (χ3v) is 3.51. The lowest BCUT2D eigenvalue weighted by molar-refractivity contribution is 0.332. The van der Waals surface area contributed by atoms with Gasteiger partial charge in [0.25, 0.3) is 0 Å². The molecule has 0 amide bonds. The molecule has 0 atom stereocenters. The van der Waals surface area contributed by atoms with Gasteiger partial charge in [-0.1, -0.05) is 43.9 Å². The SMILES string of the molecule is CCOc1ccccc1C1CCCCCC1. The first-order valence-electron chi connectivity index (χ1n) is 6.63. The normalized spacial score (nSPS) is 18.1. The minimum Gasteiger partial charge on any atom is -0.494 e. The van der Waals surface area contributed by atoms with Crippen LogP contribution in [0.1, 0.15) is 56.9 Å². The Balaban J connectivity index is 2.16. The zero-order chi connectivity index (χ0) is 11.2. The second-order valence-electron chi connectivity index (χ2n) is 4.66. The van der Waals surface area contributed by atoms with Crippen molar-refractivity contribution in [1.29, 1.82) is 0 Å². The van der Waals surface area contributed by atoms with E-state index in [1.165, 1.54) is 44.1 Å². The highest BCUT2D eigenvalue weighted by Gasteiger charge is 2.17. The highest BCUT2D eigenvalue weighted by atomic mass is 16.5. The number of hydrogen-bond acceptors (Lipinski definition) is 1. The Morgan fingerprint density at radius 1 is 1.06 bits per heavy atom. The number of hydrogen-bond donors (Lipinski definition) is 0. The summed E-state index contributed by atoms with van der Waals surface area (Å²) in [7, 11) is 0. The Morgan fingerprint density at radius 2 is 1.75 bits per heavy atom. The molecule has 1 fully saturated rings. The lowest BCUT2D eigenvalue weighted by Crippen LogP contribution is -2.02. The van der Waals surface area contributed by atoms with Gasteiger partial charge in [0.1, 0.15) is 5.75 Å². The van der Waals surface area contributed by atoms with Crippen LogP contribution in [0.4, 0.5) is 0 Å². The van der Waals surface area contributed by atoms with E-state index in [0.29, 0.717) is 0 Å². The van der Waals surface area contributed by atoms with Crippen LogP contribution in [-0.2, 0) is 0 Å². The van der Waals surface area contributed by atoms with Crippen LogP contribution in [0.2, 0.25) is 0 Å². The van der Waals surface area contributed by atoms with Crippen molar-refractivity contribution in [1.82, 2.24) is 0 Å². The van der Waals surface area contributed by atoms with Crippen LogP contribution in [0.15, 0.2) is 24.3 Å². The average Bonchev–Trinajstić information content (AvgIpc) is 2.59. The molecule has 0 aliphatic heterocycles. The molecule has 0 heterocycles. The van der Waals surface area contributed by atoms with E-state index in [2.05, 4.69) is 31.2 Å². The van der Waals surface area contributed by atoms with Crippen LogP contribution >= 0.6 is 0 Å². The molecule has 1 aromatic carbocycles. The van der Waals surface area contributed by atoms with E-state index in [1.807, 2.05) is 0 Å². The summed E-state index contributed by atoms with van der Waals surface area (Å²) in [6.45, 7) is 2.83. The quantitative estimate of drug-likeness (QED) is 0.678. The molecule has 1 aromatic rings. The molecule has 16 heavy (non-hydrogen) atoms. The molecular formula is C15H22O. The van der Waals surface area contributed by atoms with Gasteiger partial charge in [-0.2, -0.15) is 0 Å². The maximum Gasteiger partial charge on any atom is 0.122 e. The Kier molecular flexibility index (Phi) is 4.26. The molecule has 2 rings (SSSR count). The maximum absolute atomic E-state index is 5.73. The first-order valence-corrected chi connectivity index (χ1v) is 6.63. The van der Waals surface area contributed by atoms with E-state index in [9.17, 15) is 0 Å². The van der Waals surface area contributed by atoms with Crippen LogP contribution < -0.4 is 4.74 Å². The van der Waals surface area contributed by atoms with Crippen LogP contribution in [0, 0.1) is 0 Å². The van der Waals surface area contributed by atoms with E-state index in [0.717, 1.165) is 18.3 Å². The zero-order valence-corrected chi connectivity index (χ0v) is 10.2. The van der Waals surface area contributed by atoms with Crippen molar-refractivity contribution >= 4 is 0 Å². The summed E-state index contributed by atoms with van der Waals surface area (Å²) in [5.74, 6) is 1.84. The van der Waals surface area contributed by atoms with Gasteiger partial charge in [0.05, 0.1) is 6.61 Å². The highest BCUT2D eigenvalue weighted by Crippen LogP contribution is 2.36. The summed E-state index contributed by atoms with van der Waals surface area (Å²) in [5.41, 5.74) is 1.44. The molecule has 0 bridgehead atoms. The molecule has 0 N–H and O–H groups in total. The fourth-order valence-corrected chi connectivity index (χ4v) is 2.70. The molecule has 1 saturated carbocycles. The first kappa shape index (κ1) is 11.5. The summed E-state index contributed by atoms with van der Waals surface area (Å²) in [4.78, 5) is 0. The number of para-hydroxylation sites is 1. The molecule has 1 heteroatoms. The number of rotatable bonds is 3. The average molecular weight is 218 g/mol. The fourth-order valence-electron chi connectivity index (χ4n) is 2.70. The first-order chi connectivity index (χ1) is 7.92. The number of benzene rings is 1. The Hall–Kier alpha value is -0.980. The lowest BCUT2D eigenvalue weighted by Gasteiger charge is -2.18. The van der Waals surface area contributed by atoms with E-state index in [1.54, 1.807) is 0 Å². The van der Waals surface area contributed by atoms with Crippen molar-refractivity contribution in [2.75, 3.05) is 6.61 Å². The van der Waals surface area contributed by atoms with Crippen LogP contribution in [0.25, 0.3) is 0 Å². The van der Waals surface area contributed by atoms with Gasteiger partial charge in [-0.25, -0.2) is 0 Å². The smallest absolute Gasteiger partial charge is 0.122 e. The van der Waals surface area contributed by atoms with Crippen molar-refractivity contribution in [3.63, 3.8) is 0 Å². The van der Waals surface area contributed by atoms with E-state index >= 15 is 0 Å². The lowest BCUT2D eigenvalue weighted by atomic mass is 9.91. The number of ether oxygens (including phenoxy) is 1. The van der Waals surface area contributed by atoms with Crippen LogP contribution in [-0.4, -0.2) is 6.61 Å². The summed E-state index contributed by atoms with van der Waals surface area (Å²) >= 11 is 0. The van der Waals surface area contributed by atoms with Crippen molar-refractivity contribution in [3.8, 4) is 5.75 Å². The molecule has 0 unspecified atom stereocenters. The van der Waals surface area contributed by atoms with Gasteiger partial charge < -0.3 is 4.74 Å². The van der Waals surface area contributed by atoms with E-state index < -0.39 is 0 Å². The minimum atomic E-state index is 0.727. The van der Waals surface area contributed by atoms with Gasteiger partial charge in [0.2, 0.25) is 0 Å². The maximum atomic E-state index is 5.73. The van der Waals surface area contributed by atoms with Crippen LogP contribution in [0.3, 0.4) is 0 Å².